The fraction of sp³-hybridized carbons (Fsp3) is 0.276. The van der Waals surface area contributed by atoms with Crippen LogP contribution in [0, 0.1) is 0 Å². The molecule has 42 heavy (non-hydrogen) atoms. The number of sulfone groups is 1. The molecular weight excluding hydrogens is 564 g/mol. The average Bonchev–Trinajstić information content (AvgIpc) is 3.75. The van der Waals surface area contributed by atoms with Crippen molar-refractivity contribution in [2.24, 2.45) is 7.05 Å². The minimum atomic E-state index is -4.11. The van der Waals surface area contributed by atoms with Crippen LogP contribution in [0.15, 0.2) is 59.9 Å². The molecule has 10 nitrogen and oxygen atoms in total. The van der Waals surface area contributed by atoms with Gasteiger partial charge in [0, 0.05) is 42.7 Å². The molecule has 0 spiro atoms. The molecule has 1 fully saturated rings. The van der Waals surface area contributed by atoms with Crippen LogP contribution >= 0.6 is 0 Å². The molecule has 2 N–H and O–H groups in total. The first-order valence-electron chi connectivity index (χ1n) is 13.4. The van der Waals surface area contributed by atoms with E-state index < -0.39 is 44.3 Å². The van der Waals surface area contributed by atoms with E-state index in [0.717, 1.165) is 29.8 Å². The maximum absolute atomic E-state index is 15.0. The van der Waals surface area contributed by atoms with E-state index in [1.54, 1.807) is 30.1 Å². The molecule has 0 atom stereocenters. The summed E-state index contributed by atoms with van der Waals surface area (Å²) in [6.45, 7) is -0.137. The predicted molar refractivity (Wildman–Crippen MR) is 152 cm³/mol. The quantitative estimate of drug-likeness (QED) is 0.317. The van der Waals surface area contributed by atoms with Gasteiger partial charge in [0.2, 0.25) is 0 Å². The van der Waals surface area contributed by atoms with Crippen LogP contribution in [0.1, 0.15) is 52.5 Å². The van der Waals surface area contributed by atoms with Gasteiger partial charge in [-0.15, -0.1) is 0 Å². The molecule has 0 bridgehead atoms. The molecule has 5 aromatic rings. The zero-order valence-corrected chi connectivity index (χ0v) is 23.3. The lowest BCUT2D eigenvalue weighted by molar-refractivity contribution is -0.0126. The number of nitrogens with zero attached hydrogens (tertiary/aromatic N) is 6. The molecule has 1 aliphatic carbocycles. The van der Waals surface area contributed by atoms with Crippen molar-refractivity contribution in [3.05, 3.63) is 77.5 Å². The Labute approximate surface area is 239 Å². The summed E-state index contributed by atoms with van der Waals surface area (Å²) in [7, 11) is -2.32. The molecule has 1 amide bonds. The Bertz CT molecular complexity index is 2020. The third kappa shape index (κ3) is 4.26. The van der Waals surface area contributed by atoms with Gasteiger partial charge in [-0.2, -0.15) is 5.10 Å². The van der Waals surface area contributed by atoms with Crippen molar-refractivity contribution in [2.75, 3.05) is 16.4 Å². The van der Waals surface area contributed by atoms with Crippen molar-refractivity contribution in [3.63, 3.8) is 0 Å². The van der Waals surface area contributed by atoms with Crippen molar-refractivity contribution in [3.8, 4) is 0 Å². The molecule has 3 aromatic heterocycles. The first-order chi connectivity index (χ1) is 20.0. The fourth-order valence-electron chi connectivity index (χ4n) is 5.56. The lowest BCUT2D eigenvalue weighted by Gasteiger charge is -2.31. The van der Waals surface area contributed by atoms with E-state index in [4.69, 9.17) is 5.73 Å². The monoisotopic (exact) mass is 589 g/mol. The lowest BCUT2D eigenvalue weighted by atomic mass is 10.0. The molecule has 0 saturated heterocycles. The smallest absolute Gasteiger partial charge is 0.275 e. The molecule has 0 unspecified atom stereocenters. The Morgan fingerprint density at radius 1 is 1.12 bits per heavy atom. The molecule has 2 aliphatic rings. The van der Waals surface area contributed by atoms with Gasteiger partial charge in [-0.25, -0.2) is 32.2 Å². The third-order valence-corrected chi connectivity index (χ3v) is 9.69. The number of nitrogens with two attached hydrogens (primary N) is 1. The Hall–Kier alpha value is -4.52. The molecule has 214 valence electrons. The number of rotatable bonds is 5. The van der Waals surface area contributed by atoms with Gasteiger partial charge in [0.05, 0.1) is 51.1 Å². The highest BCUT2D eigenvalue weighted by atomic mass is 32.2. The molecule has 4 heterocycles. The Morgan fingerprint density at radius 3 is 2.62 bits per heavy atom. The molecule has 0 radical (unpaired) electrons. The fourth-order valence-corrected chi connectivity index (χ4v) is 7.34. The first kappa shape index (κ1) is 26.4. The van der Waals surface area contributed by atoms with Crippen molar-refractivity contribution in [2.45, 2.75) is 42.5 Å². The van der Waals surface area contributed by atoms with Gasteiger partial charge in [-0.1, -0.05) is 24.3 Å². The Morgan fingerprint density at radius 2 is 1.88 bits per heavy atom. The summed E-state index contributed by atoms with van der Waals surface area (Å²) < 4.78 is 58.2. The highest BCUT2D eigenvalue weighted by Gasteiger charge is 2.45. The summed E-state index contributed by atoms with van der Waals surface area (Å²) >= 11 is 0. The van der Waals surface area contributed by atoms with Crippen LogP contribution in [0.3, 0.4) is 0 Å². The van der Waals surface area contributed by atoms with E-state index in [1.807, 2.05) is 6.07 Å². The zero-order chi connectivity index (χ0) is 29.4. The minimum Gasteiger partial charge on any atom is -0.383 e. The topological polar surface area (TPSA) is 137 Å². The molecule has 1 aliphatic heterocycles. The number of fused-ring (bicyclic) bond motifs is 4. The van der Waals surface area contributed by atoms with Crippen LogP contribution in [0.25, 0.3) is 21.8 Å². The van der Waals surface area contributed by atoms with E-state index in [1.165, 1.54) is 29.4 Å². The summed E-state index contributed by atoms with van der Waals surface area (Å²) in [5.41, 5.74) is 7.47. The first-order valence-corrected chi connectivity index (χ1v) is 15.1. The number of benzene rings is 2. The summed E-state index contributed by atoms with van der Waals surface area (Å²) in [4.78, 5) is 27.9. The summed E-state index contributed by atoms with van der Waals surface area (Å²) in [5.74, 6) is -3.53. The van der Waals surface area contributed by atoms with Crippen LogP contribution in [0.2, 0.25) is 0 Å². The van der Waals surface area contributed by atoms with E-state index in [2.05, 4.69) is 20.1 Å². The number of aryl methyl sites for hydroxylation is 1. The minimum absolute atomic E-state index is 0.108. The van der Waals surface area contributed by atoms with Crippen LogP contribution < -0.4 is 10.6 Å². The van der Waals surface area contributed by atoms with Gasteiger partial charge in [0.1, 0.15) is 11.6 Å². The van der Waals surface area contributed by atoms with Crippen LogP contribution in [-0.2, 0) is 29.4 Å². The lowest BCUT2D eigenvalue weighted by Crippen LogP contribution is -2.35. The Kier molecular flexibility index (Phi) is 5.81. The zero-order valence-electron chi connectivity index (χ0n) is 22.5. The van der Waals surface area contributed by atoms with Crippen LogP contribution in [0.5, 0.6) is 0 Å². The van der Waals surface area contributed by atoms with Crippen molar-refractivity contribution in [1.82, 2.24) is 24.7 Å². The third-order valence-electron chi connectivity index (χ3n) is 7.89. The number of amides is 1. The standard InChI is InChI=1S/C29H25F2N7O3S/c1-37-24-19-8-5-16(11-22(19)36-26(32)20(24)14-35-37)15-38(28(39)18-12-33-27(34-13-18)17-6-7-17)23-4-2-3-21-25(23)42(40,41)10-9-29(21,30)31/h2-5,8,11-14,17H,6-7,9-10,15H2,1H3,(H2,32,36). The summed E-state index contributed by atoms with van der Waals surface area (Å²) in [6, 6.07) is 9.17. The maximum Gasteiger partial charge on any atom is 0.275 e. The normalized spacial score (nSPS) is 17.3. The van der Waals surface area contributed by atoms with Crippen LogP contribution in [-0.4, -0.2) is 44.8 Å². The maximum atomic E-state index is 15.0. The molecule has 7 rings (SSSR count). The van der Waals surface area contributed by atoms with E-state index in [0.29, 0.717) is 22.3 Å². The number of carbonyl (C=O) groups is 1. The van der Waals surface area contributed by atoms with Gasteiger partial charge in [0.25, 0.3) is 11.8 Å². The average molecular weight is 590 g/mol. The summed E-state index contributed by atoms with van der Waals surface area (Å²) in [5, 5.41) is 5.76. The number of nitrogen functional groups attached to an aromatic ring is 1. The van der Waals surface area contributed by atoms with E-state index >= 15 is 0 Å². The largest absolute Gasteiger partial charge is 0.383 e. The number of alkyl halides is 2. The molecule has 1 saturated carbocycles. The van der Waals surface area contributed by atoms with Crippen molar-refractivity contribution >= 4 is 49.1 Å². The molecule has 13 heteroatoms. The number of aromatic nitrogens is 5. The number of halogens is 2. The van der Waals surface area contributed by atoms with Gasteiger partial charge in [0.15, 0.2) is 9.84 Å². The predicted octanol–water partition coefficient (Wildman–Crippen LogP) is 4.49. The number of hydrogen-bond acceptors (Lipinski definition) is 8. The van der Waals surface area contributed by atoms with Gasteiger partial charge < -0.3 is 10.6 Å². The van der Waals surface area contributed by atoms with Crippen molar-refractivity contribution in [1.29, 1.82) is 0 Å². The van der Waals surface area contributed by atoms with E-state index in [9.17, 15) is 22.0 Å². The van der Waals surface area contributed by atoms with Gasteiger partial charge in [-0.3, -0.25) is 9.48 Å². The highest BCUT2D eigenvalue weighted by molar-refractivity contribution is 7.91. The van der Waals surface area contributed by atoms with Crippen LogP contribution in [0.4, 0.5) is 20.3 Å². The second-order valence-corrected chi connectivity index (χ2v) is 12.8. The second-order valence-electron chi connectivity index (χ2n) is 10.8. The number of pyridine rings is 1. The van der Waals surface area contributed by atoms with Gasteiger partial charge >= 0.3 is 0 Å². The second kappa shape index (κ2) is 9.24. The number of hydrogen-bond donors (Lipinski definition) is 1. The number of anilines is 2. The number of carbonyl (C=O) groups excluding carboxylic acids is 1. The van der Waals surface area contributed by atoms with Gasteiger partial charge in [-0.05, 0) is 30.5 Å². The van der Waals surface area contributed by atoms with Crippen molar-refractivity contribution < 1.29 is 22.0 Å². The SMILES string of the molecule is Cn1ncc2c(N)nc3cc(CN(C(=O)c4cnc(C5CC5)nc4)c4cccc5c4S(=O)(=O)CCC5(F)F)ccc3c21. The highest BCUT2D eigenvalue weighted by Crippen LogP contribution is 2.45. The summed E-state index contributed by atoms with van der Waals surface area (Å²) in [6.07, 6.45) is 5.57. The molecule has 2 aromatic carbocycles. The van der Waals surface area contributed by atoms with E-state index in [-0.39, 0.29) is 29.5 Å². The Balaban J connectivity index is 1.37. The molecular formula is C29H25F2N7O3S.